The molecule has 2 N–H and O–H groups in total. The zero-order valence-corrected chi connectivity index (χ0v) is 11.9. The number of hydrogen-bond donors (Lipinski definition) is 2. The molecular weight excluding hydrogens is 314 g/mol. The first kappa shape index (κ1) is 13.6. The van der Waals surface area contributed by atoms with E-state index in [1.165, 1.54) is 21.9 Å². The number of nitrogens with one attached hydrogen (secondary N) is 1. The number of hydrogen-bond acceptors (Lipinski definition) is 5. The lowest BCUT2D eigenvalue weighted by Gasteiger charge is -2.07. The lowest BCUT2D eigenvalue weighted by molar-refractivity contribution is 0.102. The topological polar surface area (TPSA) is 83.7 Å². The molecule has 0 atom stereocenters. The molecule has 2 heterocycles. The molecule has 0 saturated heterocycles. The largest absolute Gasteiger partial charge is 0.492 e. The predicted octanol–water partition coefficient (Wildman–Crippen LogP) is 2.17. The van der Waals surface area contributed by atoms with Crippen LogP contribution in [0.25, 0.3) is 4.96 Å². The van der Waals surface area contributed by atoms with E-state index in [4.69, 9.17) is 11.6 Å². The molecule has 6 nitrogen and oxygen atoms in total. The second-order valence-electron chi connectivity index (χ2n) is 4.02. The monoisotopic (exact) mass is 320 g/mol. The molecule has 0 unspecified atom stereocenters. The fourth-order valence-corrected chi connectivity index (χ4v) is 2.64. The second-order valence-corrected chi connectivity index (χ2v) is 5.27. The molecule has 0 aliphatic carbocycles. The van der Waals surface area contributed by atoms with Crippen LogP contribution in [0.4, 0.5) is 5.69 Å². The Kier molecular flexibility index (Phi) is 3.36. The van der Waals surface area contributed by atoms with Crippen molar-refractivity contribution in [3.05, 3.63) is 56.8 Å². The average molecular weight is 321 g/mol. The van der Waals surface area contributed by atoms with Crippen LogP contribution >= 0.6 is 22.9 Å². The van der Waals surface area contributed by atoms with Crippen LogP contribution in [-0.2, 0) is 0 Å². The van der Waals surface area contributed by atoms with E-state index in [9.17, 15) is 14.7 Å². The summed E-state index contributed by atoms with van der Waals surface area (Å²) in [5, 5.41) is 14.1. The first-order valence-corrected chi connectivity index (χ1v) is 7.00. The van der Waals surface area contributed by atoms with E-state index in [-0.39, 0.29) is 5.02 Å². The summed E-state index contributed by atoms with van der Waals surface area (Å²) in [6.45, 7) is 0. The Balaban J connectivity index is 2.06. The maximum atomic E-state index is 12.2. The van der Waals surface area contributed by atoms with Crippen molar-refractivity contribution in [3.8, 4) is 5.88 Å². The van der Waals surface area contributed by atoms with Crippen molar-refractivity contribution in [1.29, 1.82) is 0 Å². The van der Waals surface area contributed by atoms with E-state index in [2.05, 4.69) is 16.4 Å². The fraction of sp³-hybridized carbons (Fsp3) is 0. The molecule has 0 aliphatic rings. The zero-order valence-electron chi connectivity index (χ0n) is 10.3. The van der Waals surface area contributed by atoms with Crippen molar-refractivity contribution < 1.29 is 9.90 Å². The highest BCUT2D eigenvalue weighted by Crippen LogP contribution is 2.22. The van der Waals surface area contributed by atoms with Gasteiger partial charge in [0, 0.05) is 17.6 Å². The van der Waals surface area contributed by atoms with Crippen LogP contribution in [0.1, 0.15) is 10.4 Å². The van der Waals surface area contributed by atoms with Gasteiger partial charge in [0.05, 0.1) is 10.7 Å². The van der Waals surface area contributed by atoms with Crippen LogP contribution in [0.2, 0.25) is 5.02 Å². The lowest BCUT2D eigenvalue weighted by atomic mass is 10.2. The van der Waals surface area contributed by atoms with Gasteiger partial charge in [-0.25, -0.2) is 0 Å². The minimum Gasteiger partial charge on any atom is -0.492 e. The van der Waals surface area contributed by atoms with Crippen molar-refractivity contribution in [1.82, 2.24) is 9.38 Å². The summed E-state index contributed by atoms with van der Waals surface area (Å²) >= 11 is 7.06. The predicted molar refractivity (Wildman–Crippen MR) is 79.2 cm³/mol. The lowest BCUT2D eigenvalue weighted by Crippen LogP contribution is -2.26. The normalized spacial score (nSPS) is 10.7. The second kappa shape index (κ2) is 5.19. The molecule has 8 heteroatoms. The SMILES string of the molecule is O=C(Nc1ccc[c]c1Cl)c1c(O)nc2sccn2c1=O. The minimum atomic E-state index is -0.785. The number of halogens is 1. The number of thiazole rings is 1. The first-order chi connectivity index (χ1) is 10.1. The van der Waals surface area contributed by atoms with Gasteiger partial charge in [-0.1, -0.05) is 23.7 Å². The first-order valence-electron chi connectivity index (χ1n) is 5.74. The van der Waals surface area contributed by atoms with Crippen LogP contribution < -0.4 is 10.9 Å². The number of benzene rings is 1. The molecule has 0 aliphatic heterocycles. The van der Waals surface area contributed by atoms with E-state index in [1.54, 1.807) is 23.6 Å². The van der Waals surface area contributed by atoms with Crippen molar-refractivity contribution >= 4 is 39.5 Å². The Hall–Kier alpha value is -2.38. The zero-order chi connectivity index (χ0) is 15.0. The van der Waals surface area contributed by atoms with Crippen LogP contribution in [0.15, 0.2) is 34.6 Å². The summed E-state index contributed by atoms with van der Waals surface area (Å²) in [6, 6.07) is 7.48. The number of aromatic hydroxyl groups is 1. The molecule has 2 aromatic heterocycles. The van der Waals surface area contributed by atoms with Crippen LogP contribution in [0, 0.1) is 6.07 Å². The number of rotatable bonds is 2. The molecule has 0 spiro atoms. The number of fused-ring (bicyclic) bond motifs is 1. The Morgan fingerprint density at radius 2 is 2.33 bits per heavy atom. The quantitative estimate of drug-likeness (QED) is 0.758. The summed E-state index contributed by atoms with van der Waals surface area (Å²) in [6.07, 6.45) is 1.48. The Morgan fingerprint density at radius 1 is 1.52 bits per heavy atom. The molecule has 0 bridgehead atoms. The number of amides is 1. The van der Waals surface area contributed by atoms with Gasteiger partial charge in [-0.15, -0.1) is 11.3 Å². The highest BCUT2D eigenvalue weighted by atomic mass is 35.5. The van der Waals surface area contributed by atoms with Crippen LogP contribution in [-0.4, -0.2) is 20.4 Å². The standard InChI is InChI=1S/C13H7ClN3O3S/c14-7-3-1-2-4-8(7)15-10(18)9-11(19)16-13-17(12(9)20)5-6-21-13/h1-2,4-6,19H,(H,15,18). The summed E-state index contributed by atoms with van der Waals surface area (Å²) in [5.41, 5.74) is -0.795. The molecule has 3 aromatic rings. The van der Waals surface area contributed by atoms with Gasteiger partial charge < -0.3 is 10.4 Å². The third-order valence-corrected chi connectivity index (χ3v) is 3.80. The van der Waals surface area contributed by atoms with Gasteiger partial charge in [-0.2, -0.15) is 4.98 Å². The van der Waals surface area contributed by atoms with Gasteiger partial charge in [0.2, 0.25) is 5.88 Å². The molecule has 1 aromatic carbocycles. The van der Waals surface area contributed by atoms with Crippen LogP contribution in [0.3, 0.4) is 0 Å². The number of aromatic nitrogens is 2. The molecule has 0 saturated carbocycles. The molecule has 3 rings (SSSR count). The van der Waals surface area contributed by atoms with Crippen molar-refractivity contribution in [2.45, 2.75) is 0 Å². The highest BCUT2D eigenvalue weighted by molar-refractivity contribution is 7.15. The summed E-state index contributed by atoms with van der Waals surface area (Å²) in [4.78, 5) is 28.5. The Morgan fingerprint density at radius 3 is 3.10 bits per heavy atom. The van der Waals surface area contributed by atoms with Gasteiger partial charge in [0.1, 0.15) is 0 Å². The Labute approximate surface area is 127 Å². The molecule has 21 heavy (non-hydrogen) atoms. The van der Waals surface area contributed by atoms with E-state index in [0.29, 0.717) is 10.6 Å². The number of carbonyl (C=O) groups is 1. The maximum Gasteiger partial charge on any atom is 0.275 e. The van der Waals surface area contributed by atoms with Gasteiger partial charge in [0.15, 0.2) is 10.5 Å². The third kappa shape index (κ3) is 2.37. The molecular formula is C13H7ClN3O3S. The Bertz CT molecular complexity index is 903. The van der Waals surface area contributed by atoms with Gasteiger partial charge in [-0.05, 0) is 6.07 Å². The maximum absolute atomic E-state index is 12.2. The van der Waals surface area contributed by atoms with E-state index >= 15 is 0 Å². The molecule has 1 radical (unpaired) electrons. The fourth-order valence-electron chi connectivity index (χ4n) is 1.77. The van der Waals surface area contributed by atoms with E-state index in [1.807, 2.05) is 0 Å². The third-order valence-electron chi connectivity index (χ3n) is 2.73. The number of nitrogens with zero attached hydrogens (tertiary/aromatic N) is 2. The molecule has 1 amide bonds. The van der Waals surface area contributed by atoms with Gasteiger partial charge in [-0.3, -0.25) is 14.0 Å². The number of anilines is 1. The summed E-state index contributed by atoms with van der Waals surface area (Å²) in [5.74, 6) is -1.40. The van der Waals surface area contributed by atoms with Gasteiger partial charge in [0.25, 0.3) is 11.5 Å². The van der Waals surface area contributed by atoms with Crippen molar-refractivity contribution in [2.24, 2.45) is 0 Å². The average Bonchev–Trinajstić information content (AvgIpc) is 2.90. The van der Waals surface area contributed by atoms with Gasteiger partial charge >= 0.3 is 0 Å². The minimum absolute atomic E-state index is 0.204. The summed E-state index contributed by atoms with van der Waals surface area (Å²) in [7, 11) is 0. The molecule has 0 fully saturated rings. The number of carbonyl (C=O) groups excluding carboxylic acids is 1. The summed E-state index contributed by atoms with van der Waals surface area (Å²) < 4.78 is 1.19. The smallest absolute Gasteiger partial charge is 0.275 e. The highest BCUT2D eigenvalue weighted by Gasteiger charge is 2.20. The van der Waals surface area contributed by atoms with E-state index < -0.39 is 22.9 Å². The van der Waals surface area contributed by atoms with Crippen molar-refractivity contribution in [3.63, 3.8) is 0 Å². The van der Waals surface area contributed by atoms with Crippen LogP contribution in [0.5, 0.6) is 5.88 Å². The molecule has 105 valence electrons. The van der Waals surface area contributed by atoms with E-state index in [0.717, 1.165) is 0 Å². The van der Waals surface area contributed by atoms with Crippen molar-refractivity contribution in [2.75, 3.05) is 5.32 Å².